The fourth-order valence-electron chi connectivity index (χ4n) is 0.665. The van der Waals surface area contributed by atoms with Crippen molar-refractivity contribution in [1.29, 1.82) is 0 Å². The number of aliphatic hydroxyl groups excluding tert-OH is 1. The minimum Gasteiger partial charge on any atom is -0.393 e. The summed E-state index contributed by atoms with van der Waals surface area (Å²) in [7, 11) is 0. The zero-order valence-electron chi connectivity index (χ0n) is 6.62. The Labute approximate surface area is 83.2 Å². The molecule has 0 radical (unpaired) electrons. The zero-order valence-corrected chi connectivity index (χ0v) is 9.02. The van der Waals surface area contributed by atoms with E-state index in [0.29, 0.717) is 0 Å². The van der Waals surface area contributed by atoms with Gasteiger partial charge in [-0.15, -0.1) is 10.2 Å². The summed E-state index contributed by atoms with van der Waals surface area (Å²) in [6, 6.07) is 0. The van der Waals surface area contributed by atoms with Gasteiger partial charge >= 0.3 is 0 Å². The molecule has 6 heteroatoms. The Kier molecular flexibility index (Phi) is 3.90. The molecule has 68 valence electrons. The van der Waals surface area contributed by atoms with Crippen LogP contribution in [0.3, 0.4) is 0 Å². The summed E-state index contributed by atoms with van der Waals surface area (Å²) in [4.78, 5) is 0. The molecule has 1 rings (SSSR count). The van der Waals surface area contributed by atoms with Gasteiger partial charge in [0, 0.05) is 6.54 Å². The summed E-state index contributed by atoms with van der Waals surface area (Å²) in [5.41, 5.74) is 0. The lowest BCUT2D eigenvalue weighted by atomic mass is 10.3. The fraction of sp³-hybridized carbons (Fsp3) is 0.667. The molecule has 4 nitrogen and oxygen atoms in total. The van der Waals surface area contributed by atoms with Gasteiger partial charge in [-0.2, -0.15) is 0 Å². The van der Waals surface area contributed by atoms with Gasteiger partial charge in [-0.1, -0.05) is 11.3 Å². The highest BCUT2D eigenvalue weighted by atomic mass is 79.9. The SMILES string of the molecule is C[C@H](O)CCNc1nnc(Br)s1. The number of rotatable bonds is 4. The molecule has 0 aliphatic heterocycles. The lowest BCUT2D eigenvalue weighted by Gasteiger charge is -2.03. The van der Waals surface area contributed by atoms with E-state index in [9.17, 15) is 0 Å². The second kappa shape index (κ2) is 4.74. The first-order valence-electron chi connectivity index (χ1n) is 3.59. The normalized spacial score (nSPS) is 12.9. The fourth-order valence-corrected chi connectivity index (χ4v) is 1.70. The van der Waals surface area contributed by atoms with E-state index in [0.717, 1.165) is 22.0 Å². The van der Waals surface area contributed by atoms with Crippen LogP contribution in [0.15, 0.2) is 3.92 Å². The largest absolute Gasteiger partial charge is 0.393 e. The second-order valence-electron chi connectivity index (χ2n) is 2.42. The van der Waals surface area contributed by atoms with Gasteiger partial charge in [-0.25, -0.2) is 0 Å². The van der Waals surface area contributed by atoms with Crippen molar-refractivity contribution >= 4 is 32.4 Å². The number of anilines is 1. The standard InChI is InChI=1S/C6H10BrN3OS/c1-4(11)2-3-8-6-10-9-5(7)12-6/h4,11H,2-3H2,1H3,(H,8,10)/t4-/m0/s1. The van der Waals surface area contributed by atoms with Gasteiger partial charge in [0.15, 0.2) is 3.92 Å². The van der Waals surface area contributed by atoms with Gasteiger partial charge < -0.3 is 10.4 Å². The van der Waals surface area contributed by atoms with E-state index in [2.05, 4.69) is 31.4 Å². The molecule has 1 heterocycles. The molecule has 1 aromatic rings. The van der Waals surface area contributed by atoms with Crippen LogP contribution in [0.5, 0.6) is 0 Å². The van der Waals surface area contributed by atoms with Crippen molar-refractivity contribution in [3.8, 4) is 0 Å². The lowest BCUT2D eigenvalue weighted by molar-refractivity contribution is 0.189. The Bertz CT molecular complexity index is 240. The molecule has 1 atom stereocenters. The molecule has 0 unspecified atom stereocenters. The Morgan fingerprint density at radius 1 is 1.67 bits per heavy atom. The molecule has 0 bridgehead atoms. The molecule has 2 N–H and O–H groups in total. The quantitative estimate of drug-likeness (QED) is 0.852. The highest BCUT2D eigenvalue weighted by Crippen LogP contribution is 2.19. The van der Waals surface area contributed by atoms with E-state index in [4.69, 9.17) is 5.11 Å². The molecule has 0 saturated carbocycles. The van der Waals surface area contributed by atoms with Crippen molar-refractivity contribution in [2.24, 2.45) is 0 Å². The predicted octanol–water partition coefficient (Wildman–Crippen LogP) is 1.48. The maximum Gasteiger partial charge on any atom is 0.206 e. The molecule has 0 aliphatic carbocycles. The first kappa shape index (κ1) is 9.88. The molecular formula is C6H10BrN3OS. The summed E-state index contributed by atoms with van der Waals surface area (Å²) < 4.78 is 0.766. The van der Waals surface area contributed by atoms with Crippen molar-refractivity contribution in [3.05, 3.63) is 3.92 Å². The Hall–Kier alpha value is -0.200. The Balaban J connectivity index is 2.24. The first-order valence-corrected chi connectivity index (χ1v) is 5.20. The molecule has 0 aliphatic rings. The topological polar surface area (TPSA) is 58.0 Å². The molecule has 0 spiro atoms. The van der Waals surface area contributed by atoms with E-state index in [1.165, 1.54) is 11.3 Å². The number of hydrogen-bond acceptors (Lipinski definition) is 5. The Morgan fingerprint density at radius 2 is 2.42 bits per heavy atom. The third-order valence-electron chi connectivity index (χ3n) is 1.24. The third kappa shape index (κ3) is 3.46. The van der Waals surface area contributed by atoms with Crippen LogP contribution in [-0.4, -0.2) is 28.0 Å². The highest BCUT2D eigenvalue weighted by Gasteiger charge is 2.00. The number of aromatic nitrogens is 2. The van der Waals surface area contributed by atoms with E-state index in [1.54, 1.807) is 6.92 Å². The van der Waals surface area contributed by atoms with E-state index < -0.39 is 0 Å². The first-order chi connectivity index (χ1) is 5.68. The molecule has 0 amide bonds. The van der Waals surface area contributed by atoms with Crippen molar-refractivity contribution < 1.29 is 5.11 Å². The van der Waals surface area contributed by atoms with Crippen molar-refractivity contribution in [1.82, 2.24) is 10.2 Å². The molecule has 0 fully saturated rings. The lowest BCUT2D eigenvalue weighted by Crippen LogP contribution is -2.09. The number of hydrogen-bond donors (Lipinski definition) is 2. The van der Waals surface area contributed by atoms with Gasteiger partial charge in [-0.05, 0) is 29.3 Å². The maximum absolute atomic E-state index is 8.95. The van der Waals surface area contributed by atoms with Gasteiger partial charge in [0.2, 0.25) is 5.13 Å². The molecular weight excluding hydrogens is 242 g/mol. The molecule has 0 aromatic carbocycles. The summed E-state index contributed by atoms with van der Waals surface area (Å²) in [6.07, 6.45) is 0.450. The highest BCUT2D eigenvalue weighted by molar-refractivity contribution is 9.11. The van der Waals surface area contributed by atoms with Crippen LogP contribution < -0.4 is 5.32 Å². The van der Waals surface area contributed by atoms with E-state index in [1.807, 2.05) is 0 Å². The minimum absolute atomic E-state index is 0.270. The summed E-state index contributed by atoms with van der Waals surface area (Å²) in [6.45, 7) is 2.48. The van der Waals surface area contributed by atoms with Crippen molar-refractivity contribution in [3.63, 3.8) is 0 Å². The van der Waals surface area contributed by atoms with Crippen LogP contribution in [0, 0.1) is 0 Å². The van der Waals surface area contributed by atoms with Crippen LogP contribution in [0.2, 0.25) is 0 Å². The summed E-state index contributed by atoms with van der Waals surface area (Å²) in [5, 5.41) is 20.4. The Morgan fingerprint density at radius 3 is 2.92 bits per heavy atom. The van der Waals surface area contributed by atoms with Gasteiger partial charge in [0.25, 0.3) is 0 Å². The van der Waals surface area contributed by atoms with Crippen molar-refractivity contribution in [2.45, 2.75) is 19.4 Å². The monoisotopic (exact) mass is 251 g/mol. The minimum atomic E-state index is -0.270. The smallest absolute Gasteiger partial charge is 0.206 e. The number of aliphatic hydroxyl groups is 1. The van der Waals surface area contributed by atoms with Gasteiger partial charge in [-0.3, -0.25) is 0 Å². The second-order valence-corrected chi connectivity index (χ2v) is 4.68. The zero-order chi connectivity index (χ0) is 8.97. The van der Waals surface area contributed by atoms with Crippen LogP contribution in [0.1, 0.15) is 13.3 Å². The van der Waals surface area contributed by atoms with Gasteiger partial charge in [0.1, 0.15) is 0 Å². The van der Waals surface area contributed by atoms with E-state index in [-0.39, 0.29) is 6.10 Å². The van der Waals surface area contributed by atoms with Gasteiger partial charge in [0.05, 0.1) is 6.10 Å². The molecule has 12 heavy (non-hydrogen) atoms. The number of nitrogens with one attached hydrogen (secondary N) is 1. The average molecular weight is 252 g/mol. The van der Waals surface area contributed by atoms with E-state index >= 15 is 0 Å². The third-order valence-corrected chi connectivity index (χ3v) is 2.55. The van der Waals surface area contributed by atoms with Crippen LogP contribution >= 0.6 is 27.3 Å². The average Bonchev–Trinajstić information content (AvgIpc) is 2.35. The molecule has 1 aromatic heterocycles. The summed E-state index contributed by atoms with van der Waals surface area (Å²) >= 11 is 4.65. The predicted molar refractivity (Wildman–Crippen MR) is 52.4 cm³/mol. The maximum atomic E-state index is 8.95. The number of nitrogens with zero attached hydrogens (tertiary/aromatic N) is 2. The number of halogens is 1. The summed E-state index contributed by atoms with van der Waals surface area (Å²) in [5.74, 6) is 0. The van der Waals surface area contributed by atoms with Crippen molar-refractivity contribution in [2.75, 3.05) is 11.9 Å². The van der Waals surface area contributed by atoms with Crippen LogP contribution in [0.25, 0.3) is 0 Å². The van der Waals surface area contributed by atoms with Crippen LogP contribution in [0.4, 0.5) is 5.13 Å². The van der Waals surface area contributed by atoms with Crippen LogP contribution in [-0.2, 0) is 0 Å². The molecule has 0 saturated heterocycles.